The summed E-state index contributed by atoms with van der Waals surface area (Å²) in [4.78, 5) is 28.0. The first-order valence-corrected chi connectivity index (χ1v) is 7.72. The number of carbonyl (C=O) groups is 2. The third-order valence-corrected chi connectivity index (χ3v) is 4.48. The van der Waals surface area contributed by atoms with Gasteiger partial charge in [-0.25, -0.2) is 9.38 Å². The van der Waals surface area contributed by atoms with Crippen molar-refractivity contribution in [1.29, 1.82) is 0 Å². The average Bonchev–Trinajstić information content (AvgIpc) is 2.52. The Morgan fingerprint density at radius 2 is 2.08 bits per heavy atom. The molecule has 2 aliphatic rings. The minimum absolute atomic E-state index is 0.00930. The minimum atomic E-state index is -0.765. The van der Waals surface area contributed by atoms with Gasteiger partial charge in [-0.2, -0.15) is 0 Å². The van der Waals surface area contributed by atoms with Crippen molar-refractivity contribution in [2.75, 3.05) is 0 Å². The fourth-order valence-electron chi connectivity index (χ4n) is 2.67. The van der Waals surface area contributed by atoms with E-state index in [4.69, 9.17) is 11.6 Å². The molecule has 122 valence electrons. The molecule has 2 amide bonds. The first kappa shape index (κ1) is 16.3. The summed E-state index contributed by atoms with van der Waals surface area (Å²) in [6, 6.07) is 4.01. The van der Waals surface area contributed by atoms with Crippen LogP contribution in [0.15, 0.2) is 58.3 Å². The number of amides is 2. The molecule has 0 radical (unpaired) electrons. The Morgan fingerprint density at radius 1 is 1.33 bits per heavy atom. The lowest BCUT2D eigenvalue weighted by Gasteiger charge is -2.28. The van der Waals surface area contributed by atoms with E-state index in [2.05, 4.69) is 10.3 Å². The Kier molecular flexibility index (Phi) is 4.20. The highest BCUT2D eigenvalue weighted by molar-refractivity contribution is 6.34. The van der Waals surface area contributed by atoms with Crippen LogP contribution in [0, 0.1) is 11.7 Å². The van der Waals surface area contributed by atoms with E-state index in [1.54, 1.807) is 19.1 Å². The molecule has 1 unspecified atom stereocenters. The van der Waals surface area contributed by atoms with Crippen LogP contribution >= 0.6 is 11.6 Å². The van der Waals surface area contributed by atoms with Gasteiger partial charge in [0.05, 0.1) is 16.3 Å². The zero-order chi connectivity index (χ0) is 17.4. The van der Waals surface area contributed by atoms with Crippen LogP contribution < -0.4 is 5.32 Å². The van der Waals surface area contributed by atoms with E-state index in [0.29, 0.717) is 17.0 Å². The summed E-state index contributed by atoms with van der Waals surface area (Å²) < 4.78 is 13.8. The molecular formula is C18H14ClFN2O2. The van der Waals surface area contributed by atoms with Crippen molar-refractivity contribution in [3.05, 3.63) is 69.7 Å². The highest BCUT2D eigenvalue weighted by atomic mass is 35.5. The summed E-state index contributed by atoms with van der Waals surface area (Å²) in [5, 5.41) is 2.79. The molecule has 1 heterocycles. The van der Waals surface area contributed by atoms with E-state index in [1.165, 1.54) is 12.1 Å². The van der Waals surface area contributed by atoms with E-state index in [-0.39, 0.29) is 22.4 Å². The highest BCUT2D eigenvalue weighted by Crippen LogP contribution is 2.30. The van der Waals surface area contributed by atoms with Crippen LogP contribution in [-0.2, 0) is 4.79 Å². The van der Waals surface area contributed by atoms with E-state index < -0.39 is 11.7 Å². The maximum Gasteiger partial charge on any atom is 0.282 e. The topological polar surface area (TPSA) is 58.5 Å². The molecule has 0 saturated carbocycles. The largest absolute Gasteiger partial charge is 0.325 e. The molecule has 4 nitrogen and oxygen atoms in total. The van der Waals surface area contributed by atoms with Crippen LogP contribution in [0.25, 0.3) is 0 Å². The van der Waals surface area contributed by atoms with Crippen molar-refractivity contribution in [2.45, 2.75) is 13.8 Å². The zero-order valence-electron chi connectivity index (χ0n) is 13.1. The lowest BCUT2D eigenvalue weighted by atomic mass is 9.85. The summed E-state index contributed by atoms with van der Waals surface area (Å²) in [5.74, 6) is -1.71. The number of nitrogens with zero attached hydrogens (tertiary/aromatic N) is 1. The van der Waals surface area contributed by atoms with Crippen molar-refractivity contribution >= 4 is 29.1 Å². The summed E-state index contributed by atoms with van der Waals surface area (Å²) in [6.45, 7) is 3.66. The predicted octanol–water partition coefficient (Wildman–Crippen LogP) is 3.60. The lowest BCUT2D eigenvalue weighted by molar-refractivity contribution is -0.117. The Balaban J connectivity index is 1.94. The van der Waals surface area contributed by atoms with Gasteiger partial charge in [-0.3, -0.25) is 9.59 Å². The summed E-state index contributed by atoms with van der Waals surface area (Å²) in [7, 11) is 0. The number of nitrogens with one attached hydrogen (secondary N) is 1. The third-order valence-electron chi connectivity index (χ3n) is 4.16. The zero-order valence-corrected chi connectivity index (χ0v) is 13.8. The molecule has 1 aromatic rings. The van der Waals surface area contributed by atoms with Crippen LogP contribution in [0.4, 0.5) is 4.39 Å². The second-order valence-electron chi connectivity index (χ2n) is 5.64. The standard InChI is InChI=1S/C18H14ClFN2O2/c1-9-10(2)17(23)22-15-8-11(6-7-12(9)15)21-18(24)16-13(19)4-3-5-14(16)20/h3-8,12H,1-2H3,(H,22,23). The van der Waals surface area contributed by atoms with Crippen molar-refractivity contribution in [1.82, 2.24) is 5.32 Å². The number of hydrogen-bond donors (Lipinski definition) is 1. The summed E-state index contributed by atoms with van der Waals surface area (Å²) in [5.41, 5.74) is 2.34. The van der Waals surface area contributed by atoms with Gasteiger partial charge >= 0.3 is 0 Å². The normalized spacial score (nSPS) is 21.5. The SMILES string of the molecule is CC1=C(C)C2C=CC(=NC(=O)c3c(F)cccc3Cl)C=C2NC1=O. The van der Waals surface area contributed by atoms with E-state index in [9.17, 15) is 14.0 Å². The number of halogens is 2. The van der Waals surface area contributed by atoms with Gasteiger partial charge < -0.3 is 5.32 Å². The fraction of sp³-hybridized carbons (Fsp3) is 0.167. The Bertz CT molecular complexity index is 861. The quantitative estimate of drug-likeness (QED) is 0.846. The number of allylic oxidation sites excluding steroid dienone is 3. The summed E-state index contributed by atoms with van der Waals surface area (Å²) >= 11 is 5.88. The Labute approximate surface area is 143 Å². The van der Waals surface area contributed by atoms with Crippen LogP contribution in [0.1, 0.15) is 24.2 Å². The van der Waals surface area contributed by atoms with Gasteiger partial charge in [0.15, 0.2) is 0 Å². The number of benzene rings is 1. The van der Waals surface area contributed by atoms with Gasteiger partial charge in [-0.05, 0) is 38.1 Å². The van der Waals surface area contributed by atoms with Crippen molar-refractivity contribution < 1.29 is 14.0 Å². The van der Waals surface area contributed by atoms with Gasteiger partial charge in [0.1, 0.15) is 5.82 Å². The Morgan fingerprint density at radius 3 is 2.79 bits per heavy atom. The molecule has 0 fully saturated rings. The molecule has 1 N–H and O–H groups in total. The fourth-order valence-corrected chi connectivity index (χ4v) is 2.91. The predicted molar refractivity (Wildman–Crippen MR) is 90.4 cm³/mol. The van der Waals surface area contributed by atoms with Gasteiger partial charge in [0, 0.05) is 17.2 Å². The van der Waals surface area contributed by atoms with Crippen molar-refractivity contribution in [3.63, 3.8) is 0 Å². The lowest BCUT2D eigenvalue weighted by Crippen LogP contribution is -2.35. The minimum Gasteiger partial charge on any atom is -0.325 e. The number of hydrogen-bond acceptors (Lipinski definition) is 2. The van der Waals surface area contributed by atoms with Crippen molar-refractivity contribution in [3.8, 4) is 0 Å². The van der Waals surface area contributed by atoms with Crippen LogP contribution in [-0.4, -0.2) is 17.5 Å². The number of fused-ring (bicyclic) bond motifs is 1. The van der Waals surface area contributed by atoms with Crippen LogP contribution in [0.2, 0.25) is 5.02 Å². The molecular weight excluding hydrogens is 331 g/mol. The van der Waals surface area contributed by atoms with E-state index >= 15 is 0 Å². The van der Waals surface area contributed by atoms with Crippen LogP contribution in [0.5, 0.6) is 0 Å². The molecule has 3 rings (SSSR count). The van der Waals surface area contributed by atoms with E-state index in [0.717, 1.165) is 11.6 Å². The molecule has 0 bridgehead atoms. The van der Waals surface area contributed by atoms with Gasteiger partial charge in [-0.1, -0.05) is 29.3 Å². The van der Waals surface area contributed by atoms with Gasteiger partial charge in [0.2, 0.25) is 0 Å². The van der Waals surface area contributed by atoms with E-state index in [1.807, 2.05) is 13.0 Å². The molecule has 1 aliphatic heterocycles. The maximum atomic E-state index is 13.8. The van der Waals surface area contributed by atoms with Crippen molar-refractivity contribution in [2.24, 2.45) is 10.9 Å². The molecule has 0 spiro atoms. The van der Waals surface area contributed by atoms with Gasteiger partial charge in [0.25, 0.3) is 11.8 Å². The maximum absolute atomic E-state index is 13.8. The Hall–Kier alpha value is -2.53. The second-order valence-corrected chi connectivity index (χ2v) is 6.04. The highest BCUT2D eigenvalue weighted by Gasteiger charge is 2.27. The average molecular weight is 345 g/mol. The summed E-state index contributed by atoms with van der Waals surface area (Å²) in [6.07, 6.45) is 5.14. The van der Waals surface area contributed by atoms with Gasteiger partial charge in [-0.15, -0.1) is 0 Å². The number of rotatable bonds is 1. The van der Waals surface area contributed by atoms with Crippen LogP contribution in [0.3, 0.4) is 0 Å². The molecule has 24 heavy (non-hydrogen) atoms. The molecule has 1 aromatic carbocycles. The molecule has 0 saturated heterocycles. The second kappa shape index (κ2) is 6.17. The monoisotopic (exact) mass is 344 g/mol. The molecule has 1 aliphatic carbocycles. The first-order chi connectivity index (χ1) is 11.4. The third kappa shape index (κ3) is 2.83. The number of carbonyl (C=O) groups excluding carboxylic acids is 2. The molecule has 1 atom stereocenters. The first-order valence-electron chi connectivity index (χ1n) is 7.34. The molecule has 0 aromatic heterocycles. The smallest absolute Gasteiger partial charge is 0.282 e. The number of aliphatic imine (C=N–C) groups is 1. The molecule has 6 heteroatoms.